The summed E-state index contributed by atoms with van der Waals surface area (Å²) in [5, 5.41) is 4.11. The molecule has 0 aliphatic heterocycles. The molecule has 2 aromatic rings. The van der Waals surface area contributed by atoms with Crippen LogP contribution in [0.15, 0.2) is 42.6 Å². The second-order valence-electron chi connectivity index (χ2n) is 3.44. The molecule has 0 saturated carbocycles. The highest BCUT2D eigenvalue weighted by Gasteiger charge is 2.07. The summed E-state index contributed by atoms with van der Waals surface area (Å²) in [6.07, 6.45) is 1.99. The molecule has 1 aromatic heterocycles. The lowest BCUT2D eigenvalue weighted by Gasteiger charge is -2.01. The van der Waals surface area contributed by atoms with Gasteiger partial charge in [0.05, 0.1) is 12.1 Å². The van der Waals surface area contributed by atoms with Gasteiger partial charge in [-0.1, -0.05) is 18.2 Å². The third-order valence-electron chi connectivity index (χ3n) is 2.07. The second-order valence-corrected chi connectivity index (χ2v) is 3.44. The molecule has 4 heteroatoms. The van der Waals surface area contributed by atoms with Gasteiger partial charge in [0.25, 0.3) is 0 Å². The Hall–Kier alpha value is -2.10. The fourth-order valence-electron chi connectivity index (χ4n) is 1.36. The predicted molar refractivity (Wildman–Crippen MR) is 59.0 cm³/mol. The standard InChI is InChI=1S/C12H12N2O2/c1-14-8-7-10(13-14)9-12(15)16-11-5-3-2-4-6-11/h2-8H,9H2,1H3. The Morgan fingerprint density at radius 3 is 2.69 bits per heavy atom. The predicted octanol–water partition coefficient (Wildman–Crippen LogP) is 1.57. The summed E-state index contributed by atoms with van der Waals surface area (Å²) in [5.41, 5.74) is 0.712. The van der Waals surface area contributed by atoms with E-state index in [2.05, 4.69) is 5.10 Å². The number of carbonyl (C=O) groups is 1. The largest absolute Gasteiger partial charge is 0.426 e. The Labute approximate surface area is 93.5 Å². The highest BCUT2D eigenvalue weighted by Crippen LogP contribution is 2.09. The van der Waals surface area contributed by atoms with Gasteiger partial charge in [0, 0.05) is 13.2 Å². The van der Waals surface area contributed by atoms with Gasteiger partial charge >= 0.3 is 5.97 Å². The van der Waals surface area contributed by atoms with E-state index in [4.69, 9.17) is 4.74 Å². The van der Waals surface area contributed by atoms with Crippen LogP contribution in [0.1, 0.15) is 5.69 Å². The van der Waals surface area contributed by atoms with Gasteiger partial charge in [-0.2, -0.15) is 5.10 Å². The van der Waals surface area contributed by atoms with Crippen molar-refractivity contribution in [3.63, 3.8) is 0 Å². The van der Waals surface area contributed by atoms with Crippen LogP contribution >= 0.6 is 0 Å². The minimum atomic E-state index is -0.301. The highest BCUT2D eigenvalue weighted by molar-refractivity contribution is 5.74. The molecule has 0 unspecified atom stereocenters. The number of rotatable bonds is 3. The topological polar surface area (TPSA) is 44.1 Å². The van der Waals surface area contributed by atoms with Crippen molar-refractivity contribution in [1.29, 1.82) is 0 Å². The van der Waals surface area contributed by atoms with Crippen molar-refractivity contribution in [1.82, 2.24) is 9.78 Å². The molecule has 0 radical (unpaired) electrons. The van der Waals surface area contributed by atoms with Gasteiger partial charge in [-0.05, 0) is 18.2 Å². The number of ether oxygens (including phenoxy) is 1. The quantitative estimate of drug-likeness (QED) is 0.577. The molecule has 0 spiro atoms. The van der Waals surface area contributed by atoms with Gasteiger partial charge in [0.1, 0.15) is 5.75 Å². The number of hydrogen-bond acceptors (Lipinski definition) is 3. The Morgan fingerprint density at radius 1 is 1.31 bits per heavy atom. The summed E-state index contributed by atoms with van der Waals surface area (Å²) < 4.78 is 6.80. The van der Waals surface area contributed by atoms with Crippen molar-refractivity contribution in [3.05, 3.63) is 48.3 Å². The molecule has 16 heavy (non-hydrogen) atoms. The fourth-order valence-corrected chi connectivity index (χ4v) is 1.36. The highest BCUT2D eigenvalue weighted by atomic mass is 16.5. The number of benzene rings is 1. The van der Waals surface area contributed by atoms with Gasteiger partial charge < -0.3 is 4.74 Å². The number of esters is 1. The van der Waals surface area contributed by atoms with E-state index in [9.17, 15) is 4.79 Å². The van der Waals surface area contributed by atoms with Crippen molar-refractivity contribution in [2.75, 3.05) is 0 Å². The molecule has 4 nitrogen and oxygen atoms in total. The molecule has 0 atom stereocenters. The smallest absolute Gasteiger partial charge is 0.317 e. The van der Waals surface area contributed by atoms with E-state index >= 15 is 0 Å². The van der Waals surface area contributed by atoms with Gasteiger partial charge in [0.15, 0.2) is 0 Å². The van der Waals surface area contributed by atoms with Gasteiger partial charge in [-0.25, -0.2) is 0 Å². The normalized spacial score (nSPS) is 10.1. The average molecular weight is 216 g/mol. The number of carbonyl (C=O) groups excluding carboxylic acids is 1. The van der Waals surface area contributed by atoms with Crippen molar-refractivity contribution in [2.24, 2.45) is 7.05 Å². The number of aryl methyl sites for hydroxylation is 1. The summed E-state index contributed by atoms with van der Waals surface area (Å²) >= 11 is 0. The van der Waals surface area contributed by atoms with Crippen molar-refractivity contribution < 1.29 is 9.53 Å². The van der Waals surface area contributed by atoms with Crippen LogP contribution in [0.4, 0.5) is 0 Å². The number of aromatic nitrogens is 2. The Bertz CT molecular complexity index is 477. The molecule has 1 aromatic carbocycles. The van der Waals surface area contributed by atoms with Crippen LogP contribution in [-0.2, 0) is 18.3 Å². The van der Waals surface area contributed by atoms with Crippen LogP contribution in [0.25, 0.3) is 0 Å². The Morgan fingerprint density at radius 2 is 2.06 bits per heavy atom. The first-order valence-electron chi connectivity index (χ1n) is 4.98. The SMILES string of the molecule is Cn1ccc(CC(=O)Oc2ccccc2)n1. The minimum absolute atomic E-state index is 0.190. The summed E-state index contributed by atoms with van der Waals surface area (Å²) in [4.78, 5) is 11.5. The monoisotopic (exact) mass is 216 g/mol. The van der Waals surface area contributed by atoms with E-state index in [-0.39, 0.29) is 12.4 Å². The van der Waals surface area contributed by atoms with E-state index < -0.39 is 0 Å². The average Bonchev–Trinajstić information content (AvgIpc) is 2.65. The minimum Gasteiger partial charge on any atom is -0.426 e. The molecule has 0 aliphatic rings. The second kappa shape index (κ2) is 4.61. The van der Waals surface area contributed by atoms with E-state index in [1.807, 2.05) is 25.2 Å². The summed E-state index contributed by atoms with van der Waals surface area (Å²) in [6.45, 7) is 0. The first-order valence-corrected chi connectivity index (χ1v) is 4.98. The lowest BCUT2D eigenvalue weighted by atomic mass is 10.3. The molecule has 82 valence electrons. The maximum Gasteiger partial charge on any atom is 0.317 e. The number of nitrogens with zero attached hydrogens (tertiary/aromatic N) is 2. The maximum absolute atomic E-state index is 11.5. The van der Waals surface area contributed by atoms with E-state index in [1.165, 1.54) is 0 Å². The van der Waals surface area contributed by atoms with Crippen LogP contribution in [0.2, 0.25) is 0 Å². The molecule has 0 fully saturated rings. The van der Waals surface area contributed by atoms with E-state index in [0.29, 0.717) is 11.4 Å². The third kappa shape index (κ3) is 2.70. The number of hydrogen-bond donors (Lipinski definition) is 0. The molecular weight excluding hydrogens is 204 g/mol. The maximum atomic E-state index is 11.5. The van der Waals surface area contributed by atoms with Gasteiger partial charge in [0.2, 0.25) is 0 Å². The number of para-hydroxylation sites is 1. The molecule has 0 bridgehead atoms. The van der Waals surface area contributed by atoms with Gasteiger partial charge in [-0.3, -0.25) is 9.48 Å². The van der Waals surface area contributed by atoms with Crippen molar-refractivity contribution in [2.45, 2.75) is 6.42 Å². The van der Waals surface area contributed by atoms with Crippen LogP contribution < -0.4 is 4.74 Å². The summed E-state index contributed by atoms with van der Waals surface area (Å²) in [6, 6.07) is 10.8. The zero-order valence-corrected chi connectivity index (χ0v) is 8.96. The molecule has 0 saturated heterocycles. The molecule has 0 N–H and O–H groups in total. The van der Waals surface area contributed by atoms with E-state index in [0.717, 1.165) is 0 Å². The molecular formula is C12H12N2O2. The molecule has 0 aliphatic carbocycles. The zero-order chi connectivity index (χ0) is 11.4. The third-order valence-corrected chi connectivity index (χ3v) is 2.07. The molecule has 0 amide bonds. The zero-order valence-electron chi connectivity index (χ0n) is 8.96. The van der Waals surface area contributed by atoms with Crippen LogP contribution in [0.5, 0.6) is 5.75 Å². The van der Waals surface area contributed by atoms with Crippen LogP contribution in [0.3, 0.4) is 0 Å². The summed E-state index contributed by atoms with van der Waals surface area (Å²) in [5.74, 6) is 0.258. The molecule has 2 rings (SSSR count). The van der Waals surface area contributed by atoms with Crippen molar-refractivity contribution in [3.8, 4) is 5.75 Å². The fraction of sp³-hybridized carbons (Fsp3) is 0.167. The lowest BCUT2D eigenvalue weighted by molar-refractivity contribution is -0.133. The Balaban J connectivity index is 1.95. The first-order chi connectivity index (χ1) is 7.74. The van der Waals surface area contributed by atoms with Crippen LogP contribution in [0, 0.1) is 0 Å². The Kier molecular flexibility index (Phi) is 3.00. The van der Waals surface area contributed by atoms with E-state index in [1.54, 1.807) is 29.1 Å². The van der Waals surface area contributed by atoms with Gasteiger partial charge in [-0.15, -0.1) is 0 Å². The summed E-state index contributed by atoms with van der Waals surface area (Å²) in [7, 11) is 1.81. The van der Waals surface area contributed by atoms with Crippen LogP contribution in [-0.4, -0.2) is 15.7 Å². The lowest BCUT2D eigenvalue weighted by Crippen LogP contribution is -2.11. The first kappa shape index (κ1) is 10.4. The molecule has 1 heterocycles. The van der Waals surface area contributed by atoms with Crippen molar-refractivity contribution >= 4 is 5.97 Å².